The van der Waals surface area contributed by atoms with E-state index in [1.54, 1.807) is 36.4 Å². The first-order valence-electron chi connectivity index (χ1n) is 10.6. The van der Waals surface area contributed by atoms with Crippen LogP contribution < -0.4 is 25.6 Å². The number of hydrogen-bond acceptors (Lipinski definition) is 5. The Morgan fingerprint density at radius 3 is 2.46 bits per heavy atom. The van der Waals surface area contributed by atoms with E-state index >= 15 is 0 Å². The van der Waals surface area contributed by atoms with Gasteiger partial charge in [-0.3, -0.25) is 25.8 Å². The summed E-state index contributed by atoms with van der Waals surface area (Å²) in [5.41, 5.74) is 7.10. The third-order valence-corrected chi connectivity index (χ3v) is 5.65. The molecule has 3 N–H and O–H groups in total. The summed E-state index contributed by atoms with van der Waals surface area (Å²) >= 11 is 14.4. The molecule has 0 atom stereocenters. The van der Waals surface area contributed by atoms with Crippen molar-refractivity contribution in [1.29, 1.82) is 0 Å². The Bertz CT molecular complexity index is 1210. The van der Waals surface area contributed by atoms with Crippen molar-refractivity contribution in [3.8, 4) is 11.5 Å². The van der Waals surface area contributed by atoms with Crippen LogP contribution >= 0.6 is 39.7 Å². The molecule has 35 heavy (non-hydrogen) atoms. The van der Waals surface area contributed by atoms with E-state index in [4.69, 9.17) is 33.3 Å². The van der Waals surface area contributed by atoms with E-state index in [0.717, 1.165) is 11.1 Å². The molecule has 0 heterocycles. The molecule has 7 nitrogen and oxygen atoms in total. The molecular formula is C25H23BrClN3O4S. The maximum atomic E-state index is 12.8. The van der Waals surface area contributed by atoms with Crippen LogP contribution in [0, 0.1) is 6.92 Å². The minimum absolute atomic E-state index is 0.0822. The molecule has 0 fully saturated rings. The predicted octanol–water partition coefficient (Wildman–Crippen LogP) is 4.75. The van der Waals surface area contributed by atoms with Crippen molar-refractivity contribution in [3.63, 3.8) is 0 Å². The van der Waals surface area contributed by atoms with Crippen molar-refractivity contribution in [2.45, 2.75) is 13.3 Å². The monoisotopic (exact) mass is 575 g/mol. The molecule has 0 bridgehead atoms. The fraction of sp³-hybridized carbons (Fsp3) is 0.160. The lowest BCUT2D eigenvalue weighted by molar-refractivity contribution is -0.123. The van der Waals surface area contributed by atoms with Crippen molar-refractivity contribution in [3.05, 3.63) is 92.9 Å². The molecule has 0 saturated carbocycles. The van der Waals surface area contributed by atoms with E-state index in [9.17, 15) is 9.59 Å². The molecule has 3 rings (SSSR count). The number of nitrogens with one attached hydrogen (secondary N) is 3. The van der Waals surface area contributed by atoms with Gasteiger partial charge in [0.25, 0.3) is 11.8 Å². The number of carbonyl (C=O) groups is 2. The average molecular weight is 577 g/mol. The van der Waals surface area contributed by atoms with E-state index in [0.29, 0.717) is 39.6 Å². The first kappa shape index (κ1) is 26.5. The lowest BCUT2D eigenvalue weighted by atomic mass is 10.1. The Hall–Kier alpha value is -3.14. The zero-order valence-electron chi connectivity index (χ0n) is 18.8. The molecular weight excluding hydrogens is 554 g/mol. The molecule has 0 aliphatic carbocycles. The quantitative estimate of drug-likeness (QED) is 0.265. The second-order valence-corrected chi connectivity index (χ2v) is 9.14. The standard InChI is InChI=1S/C25H23BrClN3O4S/c1-16-13-19(27)8-10-21(16)34-15-23(31)29-30-25(35)28-24(32)20-14-18(26)7-9-22(20)33-12-11-17-5-3-2-4-6-17/h2-10,13-14H,11-12,15H2,1H3,(H,29,31)(H2,28,30,32,35). The van der Waals surface area contributed by atoms with Gasteiger partial charge in [-0.15, -0.1) is 0 Å². The summed E-state index contributed by atoms with van der Waals surface area (Å²) in [5.74, 6) is -0.0146. The van der Waals surface area contributed by atoms with Crippen LogP contribution in [0.15, 0.2) is 71.2 Å². The van der Waals surface area contributed by atoms with Crippen molar-refractivity contribution in [1.82, 2.24) is 16.2 Å². The number of carbonyl (C=O) groups excluding carboxylic acids is 2. The fourth-order valence-corrected chi connectivity index (χ4v) is 3.74. The van der Waals surface area contributed by atoms with E-state index in [1.807, 2.05) is 37.3 Å². The number of aryl methyl sites for hydroxylation is 1. The largest absolute Gasteiger partial charge is 0.492 e. The number of thiocarbonyl (C=S) groups is 1. The van der Waals surface area contributed by atoms with Crippen LogP contribution in [-0.4, -0.2) is 30.1 Å². The minimum atomic E-state index is -0.485. The van der Waals surface area contributed by atoms with Gasteiger partial charge in [-0.1, -0.05) is 57.9 Å². The molecule has 0 aliphatic rings. The summed E-state index contributed by atoms with van der Waals surface area (Å²) in [6, 6.07) is 20.1. The third kappa shape index (κ3) is 8.54. The van der Waals surface area contributed by atoms with Gasteiger partial charge < -0.3 is 9.47 Å². The molecule has 0 radical (unpaired) electrons. The summed E-state index contributed by atoms with van der Waals surface area (Å²) in [6.45, 7) is 1.97. The maximum Gasteiger partial charge on any atom is 0.276 e. The SMILES string of the molecule is Cc1cc(Cl)ccc1OCC(=O)NNC(=S)NC(=O)c1cc(Br)ccc1OCCc1ccccc1. The first-order valence-corrected chi connectivity index (χ1v) is 12.1. The number of hydrogen-bond donors (Lipinski definition) is 3. The van der Waals surface area contributed by atoms with Crippen LogP contribution in [0.4, 0.5) is 0 Å². The van der Waals surface area contributed by atoms with Gasteiger partial charge in [0.1, 0.15) is 11.5 Å². The second kappa shape index (κ2) is 13.1. The number of benzene rings is 3. The van der Waals surface area contributed by atoms with Crippen LogP contribution in [0.2, 0.25) is 5.02 Å². The molecule has 0 unspecified atom stereocenters. The Morgan fingerprint density at radius 2 is 1.71 bits per heavy atom. The summed E-state index contributed by atoms with van der Waals surface area (Å²) in [6.07, 6.45) is 0.696. The Kier molecular flexibility index (Phi) is 9.89. The van der Waals surface area contributed by atoms with Crippen molar-refractivity contribution >= 4 is 56.7 Å². The van der Waals surface area contributed by atoms with E-state index < -0.39 is 11.8 Å². The highest BCUT2D eigenvalue weighted by Gasteiger charge is 2.15. The zero-order chi connectivity index (χ0) is 25.2. The van der Waals surface area contributed by atoms with E-state index in [-0.39, 0.29) is 11.7 Å². The van der Waals surface area contributed by atoms with Gasteiger partial charge in [-0.05, 0) is 66.7 Å². The van der Waals surface area contributed by atoms with E-state index in [1.165, 1.54) is 0 Å². The van der Waals surface area contributed by atoms with Crippen LogP contribution in [0.3, 0.4) is 0 Å². The highest BCUT2D eigenvalue weighted by Crippen LogP contribution is 2.24. The molecule has 182 valence electrons. The molecule has 0 aromatic heterocycles. The van der Waals surface area contributed by atoms with Crippen molar-refractivity contribution < 1.29 is 19.1 Å². The van der Waals surface area contributed by atoms with Gasteiger partial charge in [0.05, 0.1) is 12.2 Å². The molecule has 10 heteroatoms. The third-order valence-electron chi connectivity index (χ3n) is 4.72. The maximum absolute atomic E-state index is 12.8. The molecule has 0 aliphatic heterocycles. The second-order valence-electron chi connectivity index (χ2n) is 7.38. The lowest BCUT2D eigenvalue weighted by Crippen LogP contribution is -2.49. The molecule has 3 aromatic rings. The predicted molar refractivity (Wildman–Crippen MR) is 143 cm³/mol. The average Bonchev–Trinajstić information content (AvgIpc) is 2.83. The van der Waals surface area contributed by atoms with Crippen molar-refractivity contribution in [2.75, 3.05) is 13.2 Å². The summed E-state index contributed by atoms with van der Waals surface area (Å²) in [7, 11) is 0. The highest BCUT2D eigenvalue weighted by atomic mass is 79.9. The molecule has 0 saturated heterocycles. The van der Waals surface area contributed by atoms with Crippen molar-refractivity contribution in [2.24, 2.45) is 0 Å². The first-order chi connectivity index (χ1) is 16.8. The van der Waals surface area contributed by atoms with Crippen LogP contribution in [0.1, 0.15) is 21.5 Å². The van der Waals surface area contributed by atoms with E-state index in [2.05, 4.69) is 32.1 Å². The normalized spacial score (nSPS) is 10.3. The molecule has 0 spiro atoms. The van der Waals surface area contributed by atoms with Crippen LogP contribution in [0.5, 0.6) is 11.5 Å². The number of hydrazine groups is 1. The zero-order valence-corrected chi connectivity index (χ0v) is 21.9. The Morgan fingerprint density at radius 1 is 0.971 bits per heavy atom. The fourth-order valence-electron chi connectivity index (χ4n) is 3.01. The van der Waals surface area contributed by atoms with Crippen LogP contribution in [-0.2, 0) is 11.2 Å². The van der Waals surface area contributed by atoms with Gasteiger partial charge in [0.15, 0.2) is 11.7 Å². The summed E-state index contributed by atoms with van der Waals surface area (Å²) in [5, 5.41) is 3.03. The highest BCUT2D eigenvalue weighted by molar-refractivity contribution is 9.10. The minimum Gasteiger partial charge on any atom is -0.492 e. The molecule has 3 aromatic carbocycles. The summed E-state index contributed by atoms with van der Waals surface area (Å²) < 4.78 is 12.0. The lowest BCUT2D eigenvalue weighted by Gasteiger charge is -2.14. The number of amides is 2. The van der Waals surface area contributed by atoms with Crippen LogP contribution in [0.25, 0.3) is 0 Å². The Labute approximate surface area is 222 Å². The summed E-state index contributed by atoms with van der Waals surface area (Å²) in [4.78, 5) is 24.9. The van der Waals surface area contributed by atoms with Gasteiger partial charge in [-0.25, -0.2) is 0 Å². The number of rotatable bonds is 8. The number of ether oxygens (including phenoxy) is 2. The Balaban J connectivity index is 1.48. The van der Waals surface area contributed by atoms with Gasteiger partial charge in [-0.2, -0.15) is 0 Å². The number of halogens is 2. The topological polar surface area (TPSA) is 88.7 Å². The molecule has 2 amide bonds. The van der Waals surface area contributed by atoms with Gasteiger partial charge in [0, 0.05) is 15.9 Å². The van der Waals surface area contributed by atoms with Gasteiger partial charge in [0.2, 0.25) is 0 Å². The smallest absolute Gasteiger partial charge is 0.276 e. The van der Waals surface area contributed by atoms with Gasteiger partial charge >= 0.3 is 0 Å².